The first-order valence-corrected chi connectivity index (χ1v) is 11.8. The highest BCUT2D eigenvalue weighted by Crippen LogP contribution is 2.20. The molecule has 9 heteroatoms. The third-order valence-electron chi connectivity index (χ3n) is 3.95. The number of hydrogen-bond acceptors (Lipinski definition) is 5. The first-order valence-electron chi connectivity index (χ1n) is 8.06. The summed E-state index contributed by atoms with van der Waals surface area (Å²) in [7, 11) is -6.73. The van der Waals surface area contributed by atoms with Gasteiger partial charge in [0.25, 0.3) is 5.91 Å². The van der Waals surface area contributed by atoms with Crippen molar-refractivity contribution in [3.63, 3.8) is 0 Å². The molecule has 0 spiro atoms. The van der Waals surface area contributed by atoms with E-state index in [9.17, 15) is 21.6 Å². The van der Waals surface area contributed by atoms with Crippen LogP contribution in [0, 0.1) is 6.92 Å². The van der Waals surface area contributed by atoms with Crippen molar-refractivity contribution in [2.24, 2.45) is 0 Å². The lowest BCUT2D eigenvalue weighted by Crippen LogP contribution is -2.26. The fourth-order valence-corrected chi connectivity index (χ4v) is 3.69. The minimum atomic E-state index is -3.46. The molecule has 0 saturated carbocycles. The van der Waals surface area contributed by atoms with Crippen LogP contribution in [-0.4, -0.2) is 35.3 Å². The third-order valence-corrected chi connectivity index (χ3v) is 5.67. The van der Waals surface area contributed by atoms with Gasteiger partial charge in [0.05, 0.1) is 22.9 Å². The standard InChI is InChI=1S/C18H22N2O5S2/c1-12-5-6-15(11-17(12)20-27(4,24)25)18(21)19-13(2)14-7-9-16(10-8-14)26(3,22)23/h5-11,13,20H,1-4H3,(H,19,21)/t13-/m1/s1. The van der Waals surface area contributed by atoms with E-state index in [0.29, 0.717) is 16.8 Å². The van der Waals surface area contributed by atoms with Crippen molar-refractivity contribution in [1.29, 1.82) is 0 Å². The molecule has 0 bridgehead atoms. The average molecular weight is 411 g/mol. The van der Waals surface area contributed by atoms with E-state index in [2.05, 4.69) is 10.0 Å². The molecule has 0 unspecified atom stereocenters. The molecule has 0 radical (unpaired) electrons. The highest BCUT2D eigenvalue weighted by atomic mass is 32.2. The number of nitrogens with one attached hydrogen (secondary N) is 2. The SMILES string of the molecule is Cc1ccc(C(=O)N[C@H](C)c2ccc(S(C)(=O)=O)cc2)cc1NS(C)(=O)=O. The van der Waals surface area contributed by atoms with Crippen molar-refractivity contribution in [2.45, 2.75) is 24.8 Å². The number of sulfone groups is 1. The van der Waals surface area contributed by atoms with Crippen molar-refractivity contribution in [3.8, 4) is 0 Å². The molecule has 0 aromatic heterocycles. The summed E-state index contributed by atoms with van der Waals surface area (Å²) in [4.78, 5) is 12.7. The van der Waals surface area contributed by atoms with Crippen LogP contribution in [0.4, 0.5) is 5.69 Å². The fourth-order valence-electron chi connectivity index (χ4n) is 2.44. The number of amides is 1. The van der Waals surface area contributed by atoms with Crippen molar-refractivity contribution < 1.29 is 21.6 Å². The van der Waals surface area contributed by atoms with Gasteiger partial charge in [-0.05, 0) is 49.2 Å². The number of carbonyl (C=O) groups is 1. The molecule has 1 amide bonds. The molecule has 2 rings (SSSR count). The quantitative estimate of drug-likeness (QED) is 0.759. The van der Waals surface area contributed by atoms with Crippen LogP contribution in [-0.2, 0) is 19.9 Å². The molecule has 0 aliphatic rings. The van der Waals surface area contributed by atoms with Crippen molar-refractivity contribution >= 4 is 31.5 Å². The Bertz CT molecular complexity index is 1060. The summed E-state index contributed by atoms with van der Waals surface area (Å²) in [6, 6.07) is 10.7. The normalized spacial score (nSPS) is 13.0. The summed E-state index contributed by atoms with van der Waals surface area (Å²) >= 11 is 0. The molecule has 146 valence electrons. The van der Waals surface area contributed by atoms with Crippen LogP contribution >= 0.6 is 0 Å². The van der Waals surface area contributed by atoms with Crippen molar-refractivity contribution in [1.82, 2.24) is 5.32 Å². The summed E-state index contributed by atoms with van der Waals surface area (Å²) < 4.78 is 48.3. The number of anilines is 1. The lowest BCUT2D eigenvalue weighted by Gasteiger charge is -2.16. The Labute approximate surface area is 159 Å². The zero-order valence-corrected chi connectivity index (χ0v) is 17.1. The van der Waals surface area contributed by atoms with Crippen LogP contribution in [0.2, 0.25) is 0 Å². The Morgan fingerprint density at radius 3 is 2.07 bits per heavy atom. The maximum Gasteiger partial charge on any atom is 0.251 e. The van der Waals surface area contributed by atoms with Gasteiger partial charge in [0.1, 0.15) is 0 Å². The maximum absolute atomic E-state index is 12.5. The van der Waals surface area contributed by atoms with E-state index in [0.717, 1.165) is 18.1 Å². The van der Waals surface area contributed by atoms with Gasteiger partial charge in [-0.2, -0.15) is 0 Å². The Morgan fingerprint density at radius 1 is 0.963 bits per heavy atom. The van der Waals surface area contributed by atoms with Crippen molar-refractivity contribution in [3.05, 3.63) is 59.2 Å². The second kappa shape index (κ2) is 7.69. The molecule has 2 N–H and O–H groups in total. The van der Waals surface area contributed by atoms with Gasteiger partial charge in [-0.3, -0.25) is 9.52 Å². The van der Waals surface area contributed by atoms with E-state index in [4.69, 9.17) is 0 Å². The van der Waals surface area contributed by atoms with Gasteiger partial charge in [-0.25, -0.2) is 16.8 Å². The summed E-state index contributed by atoms with van der Waals surface area (Å²) in [5.74, 6) is -0.369. The summed E-state index contributed by atoms with van der Waals surface area (Å²) in [6.07, 6.45) is 2.17. The van der Waals surface area contributed by atoms with Gasteiger partial charge in [0.2, 0.25) is 10.0 Å². The van der Waals surface area contributed by atoms with Gasteiger partial charge in [-0.15, -0.1) is 0 Å². The maximum atomic E-state index is 12.5. The minimum absolute atomic E-state index is 0.208. The topological polar surface area (TPSA) is 109 Å². The largest absolute Gasteiger partial charge is 0.346 e. The highest BCUT2D eigenvalue weighted by molar-refractivity contribution is 7.92. The Balaban J connectivity index is 2.18. The molecule has 7 nitrogen and oxygen atoms in total. The number of aryl methyl sites for hydroxylation is 1. The van der Waals surface area contributed by atoms with Crippen LogP contribution in [0.1, 0.15) is 34.5 Å². The molecule has 27 heavy (non-hydrogen) atoms. The number of carbonyl (C=O) groups excluding carboxylic acids is 1. The summed E-state index contributed by atoms with van der Waals surface area (Å²) in [5, 5.41) is 2.81. The molecule has 0 fully saturated rings. The lowest BCUT2D eigenvalue weighted by molar-refractivity contribution is 0.0940. The number of benzene rings is 2. The van der Waals surface area contributed by atoms with E-state index in [1.54, 1.807) is 38.1 Å². The Kier molecular flexibility index (Phi) is 5.96. The first-order chi connectivity index (χ1) is 12.4. The van der Waals surface area contributed by atoms with Crippen LogP contribution in [0.5, 0.6) is 0 Å². The first kappa shape index (κ1) is 20.9. The average Bonchev–Trinajstić information content (AvgIpc) is 2.54. The lowest BCUT2D eigenvalue weighted by atomic mass is 10.1. The predicted octanol–water partition coefficient (Wildman–Crippen LogP) is 2.26. The van der Waals surface area contributed by atoms with Crippen LogP contribution in [0.3, 0.4) is 0 Å². The fraction of sp³-hybridized carbons (Fsp3) is 0.278. The van der Waals surface area contributed by atoms with Crippen molar-refractivity contribution in [2.75, 3.05) is 17.2 Å². The van der Waals surface area contributed by atoms with Gasteiger partial charge >= 0.3 is 0 Å². The second-order valence-corrected chi connectivity index (χ2v) is 10.2. The van der Waals surface area contributed by atoms with Crippen LogP contribution in [0.25, 0.3) is 0 Å². The molecule has 1 atom stereocenters. The van der Waals surface area contributed by atoms with E-state index < -0.39 is 19.9 Å². The monoisotopic (exact) mass is 410 g/mol. The van der Waals surface area contributed by atoms with Gasteiger partial charge in [0, 0.05) is 11.8 Å². The van der Waals surface area contributed by atoms with E-state index >= 15 is 0 Å². The molecule has 2 aromatic carbocycles. The molecule has 0 aliphatic heterocycles. The molecular weight excluding hydrogens is 388 g/mol. The van der Waals surface area contributed by atoms with E-state index in [-0.39, 0.29) is 16.8 Å². The molecule has 0 saturated heterocycles. The predicted molar refractivity (Wildman–Crippen MR) is 105 cm³/mol. The molecule has 2 aromatic rings. The summed E-state index contributed by atoms with van der Waals surface area (Å²) in [6.45, 7) is 3.51. The number of rotatable bonds is 6. The summed E-state index contributed by atoms with van der Waals surface area (Å²) in [5.41, 5.74) is 2.10. The smallest absolute Gasteiger partial charge is 0.251 e. The van der Waals surface area contributed by atoms with Gasteiger partial charge in [0.15, 0.2) is 9.84 Å². The minimum Gasteiger partial charge on any atom is -0.346 e. The number of hydrogen-bond donors (Lipinski definition) is 2. The van der Waals surface area contributed by atoms with E-state index in [1.807, 2.05) is 0 Å². The number of sulfonamides is 1. The highest BCUT2D eigenvalue weighted by Gasteiger charge is 2.15. The Hall–Kier alpha value is -2.39. The zero-order valence-electron chi connectivity index (χ0n) is 15.5. The van der Waals surface area contributed by atoms with Crippen LogP contribution in [0.15, 0.2) is 47.4 Å². The zero-order chi connectivity index (χ0) is 20.4. The third kappa shape index (κ3) is 5.80. The molecule has 0 aliphatic carbocycles. The molecular formula is C18H22N2O5S2. The second-order valence-electron chi connectivity index (χ2n) is 6.44. The molecule has 0 heterocycles. The Morgan fingerprint density at radius 2 is 1.56 bits per heavy atom. The van der Waals surface area contributed by atoms with Crippen LogP contribution < -0.4 is 10.0 Å². The van der Waals surface area contributed by atoms with E-state index in [1.165, 1.54) is 18.2 Å². The van der Waals surface area contributed by atoms with Gasteiger partial charge < -0.3 is 5.32 Å². The van der Waals surface area contributed by atoms with Gasteiger partial charge in [-0.1, -0.05) is 18.2 Å².